The van der Waals surface area contributed by atoms with Crippen LogP contribution < -0.4 is 10.1 Å². The number of fused-ring (bicyclic) bond motifs is 1. The number of pyridine rings is 1. The molecule has 0 aliphatic carbocycles. The second-order valence-corrected chi connectivity index (χ2v) is 4.47. The van der Waals surface area contributed by atoms with Crippen LogP contribution in [0.2, 0.25) is 0 Å². The van der Waals surface area contributed by atoms with Crippen molar-refractivity contribution >= 4 is 0 Å². The summed E-state index contributed by atoms with van der Waals surface area (Å²) in [6.45, 7) is 0.804. The fourth-order valence-electron chi connectivity index (χ4n) is 2.47. The van der Waals surface area contributed by atoms with Gasteiger partial charge in [0.1, 0.15) is 5.75 Å². The van der Waals surface area contributed by atoms with E-state index in [1.54, 1.807) is 0 Å². The molecule has 1 atom stereocenters. The third-order valence-electron chi connectivity index (χ3n) is 3.37. The lowest BCUT2D eigenvalue weighted by Crippen LogP contribution is -2.17. The van der Waals surface area contributed by atoms with Crippen LogP contribution in [-0.4, -0.2) is 18.6 Å². The Kier molecular flexibility index (Phi) is 2.99. The normalized spacial score (nSPS) is 14.9. The quantitative estimate of drug-likeness (QED) is 0.894. The van der Waals surface area contributed by atoms with E-state index in [0.29, 0.717) is 0 Å². The molecule has 0 saturated heterocycles. The molecule has 0 spiro atoms. The Labute approximate surface area is 107 Å². The molecule has 1 aromatic carbocycles. The lowest BCUT2D eigenvalue weighted by molar-refractivity contribution is 0.357. The molecule has 1 aliphatic rings. The molecule has 1 N–H and O–H groups in total. The Bertz CT molecular complexity index is 539. The number of benzene rings is 1. The van der Waals surface area contributed by atoms with Crippen molar-refractivity contribution < 1.29 is 4.74 Å². The SMILES string of the molecule is CNC(c1ccncc1)c1ccc2c(c1)CCO2. The Hall–Kier alpha value is -1.87. The van der Waals surface area contributed by atoms with Crippen molar-refractivity contribution in [3.05, 3.63) is 59.4 Å². The van der Waals surface area contributed by atoms with Gasteiger partial charge in [0.2, 0.25) is 0 Å². The number of hydrogen-bond donors (Lipinski definition) is 1. The molecule has 18 heavy (non-hydrogen) atoms. The van der Waals surface area contributed by atoms with Gasteiger partial charge in [-0.05, 0) is 41.9 Å². The van der Waals surface area contributed by atoms with Crippen LogP contribution in [0.1, 0.15) is 22.7 Å². The van der Waals surface area contributed by atoms with E-state index in [2.05, 4.69) is 28.5 Å². The van der Waals surface area contributed by atoms with Crippen molar-refractivity contribution in [2.24, 2.45) is 0 Å². The molecule has 1 aromatic heterocycles. The Morgan fingerprint density at radius 1 is 1.17 bits per heavy atom. The van der Waals surface area contributed by atoms with Crippen LogP contribution in [0.15, 0.2) is 42.7 Å². The van der Waals surface area contributed by atoms with Crippen molar-refractivity contribution in [3.8, 4) is 5.75 Å². The highest BCUT2D eigenvalue weighted by Crippen LogP contribution is 2.30. The van der Waals surface area contributed by atoms with E-state index < -0.39 is 0 Å². The summed E-state index contributed by atoms with van der Waals surface area (Å²) >= 11 is 0. The average Bonchev–Trinajstić information content (AvgIpc) is 2.88. The first-order valence-corrected chi connectivity index (χ1v) is 6.21. The summed E-state index contributed by atoms with van der Waals surface area (Å²) < 4.78 is 5.54. The molecule has 2 heterocycles. The van der Waals surface area contributed by atoms with E-state index in [9.17, 15) is 0 Å². The third-order valence-corrected chi connectivity index (χ3v) is 3.37. The monoisotopic (exact) mass is 240 g/mol. The molecule has 92 valence electrons. The first-order valence-electron chi connectivity index (χ1n) is 6.21. The lowest BCUT2D eigenvalue weighted by Gasteiger charge is -2.17. The summed E-state index contributed by atoms with van der Waals surface area (Å²) in [6.07, 6.45) is 4.67. The maximum atomic E-state index is 5.54. The average molecular weight is 240 g/mol. The molecule has 0 saturated carbocycles. The first kappa shape index (κ1) is 11.2. The van der Waals surface area contributed by atoms with Gasteiger partial charge in [0, 0.05) is 18.8 Å². The molecule has 0 fully saturated rings. The summed E-state index contributed by atoms with van der Waals surface area (Å²) in [5.74, 6) is 1.03. The van der Waals surface area contributed by atoms with Gasteiger partial charge in [-0.15, -0.1) is 0 Å². The van der Waals surface area contributed by atoms with Crippen LogP contribution in [0.25, 0.3) is 0 Å². The predicted molar refractivity (Wildman–Crippen MR) is 70.8 cm³/mol. The van der Waals surface area contributed by atoms with Crippen molar-refractivity contribution in [1.29, 1.82) is 0 Å². The predicted octanol–water partition coefficient (Wildman–Crippen LogP) is 2.33. The van der Waals surface area contributed by atoms with Crippen LogP contribution in [-0.2, 0) is 6.42 Å². The molecule has 2 aromatic rings. The molecule has 1 aliphatic heterocycles. The lowest BCUT2D eigenvalue weighted by atomic mass is 9.97. The van der Waals surface area contributed by atoms with Crippen molar-refractivity contribution in [3.63, 3.8) is 0 Å². The maximum absolute atomic E-state index is 5.54. The highest BCUT2D eigenvalue weighted by Gasteiger charge is 2.17. The standard InChI is InChI=1S/C15H16N2O/c1-16-15(11-4-7-17-8-5-11)13-2-3-14-12(10-13)6-9-18-14/h2-5,7-8,10,15-16H,6,9H2,1H3. The van der Waals surface area contributed by atoms with Gasteiger partial charge in [-0.2, -0.15) is 0 Å². The second kappa shape index (κ2) is 4.78. The minimum absolute atomic E-state index is 0.207. The van der Waals surface area contributed by atoms with Crippen LogP contribution in [0.3, 0.4) is 0 Å². The molecular weight excluding hydrogens is 224 g/mol. The topological polar surface area (TPSA) is 34.2 Å². The number of rotatable bonds is 3. The van der Waals surface area contributed by atoms with E-state index in [4.69, 9.17) is 4.74 Å². The summed E-state index contributed by atoms with van der Waals surface area (Å²) in [5.41, 5.74) is 3.81. The zero-order valence-electron chi connectivity index (χ0n) is 10.4. The summed E-state index contributed by atoms with van der Waals surface area (Å²) in [5, 5.41) is 3.36. The molecular formula is C15H16N2O. The highest BCUT2D eigenvalue weighted by atomic mass is 16.5. The first-order chi connectivity index (χ1) is 8.88. The van der Waals surface area contributed by atoms with Gasteiger partial charge in [0.15, 0.2) is 0 Å². The van der Waals surface area contributed by atoms with E-state index in [1.165, 1.54) is 16.7 Å². The smallest absolute Gasteiger partial charge is 0.122 e. The minimum atomic E-state index is 0.207. The molecule has 3 nitrogen and oxygen atoms in total. The molecule has 1 unspecified atom stereocenters. The summed E-state index contributed by atoms with van der Waals surface area (Å²) in [6, 6.07) is 10.7. The van der Waals surface area contributed by atoms with Crippen LogP contribution >= 0.6 is 0 Å². The van der Waals surface area contributed by atoms with Crippen molar-refractivity contribution in [2.45, 2.75) is 12.5 Å². The molecule has 3 rings (SSSR count). The van der Waals surface area contributed by atoms with Crippen molar-refractivity contribution in [2.75, 3.05) is 13.7 Å². The number of nitrogens with one attached hydrogen (secondary N) is 1. The largest absolute Gasteiger partial charge is 0.493 e. The molecule has 0 bridgehead atoms. The van der Waals surface area contributed by atoms with Gasteiger partial charge in [-0.1, -0.05) is 12.1 Å². The number of aromatic nitrogens is 1. The third kappa shape index (κ3) is 1.97. The van der Waals surface area contributed by atoms with Gasteiger partial charge < -0.3 is 10.1 Å². The van der Waals surface area contributed by atoms with Gasteiger partial charge in [-0.25, -0.2) is 0 Å². The van der Waals surface area contributed by atoms with E-state index in [-0.39, 0.29) is 6.04 Å². The minimum Gasteiger partial charge on any atom is -0.493 e. The Morgan fingerprint density at radius 2 is 2.00 bits per heavy atom. The van der Waals surface area contributed by atoms with Crippen LogP contribution in [0.5, 0.6) is 5.75 Å². The summed E-state index contributed by atoms with van der Waals surface area (Å²) in [4.78, 5) is 4.07. The molecule has 3 heteroatoms. The van der Waals surface area contributed by atoms with Crippen LogP contribution in [0.4, 0.5) is 0 Å². The van der Waals surface area contributed by atoms with Gasteiger partial charge in [-0.3, -0.25) is 4.98 Å². The zero-order valence-corrected chi connectivity index (χ0v) is 10.4. The van der Waals surface area contributed by atoms with Crippen molar-refractivity contribution in [1.82, 2.24) is 10.3 Å². The van der Waals surface area contributed by atoms with Gasteiger partial charge >= 0.3 is 0 Å². The van der Waals surface area contributed by atoms with Gasteiger partial charge in [0.05, 0.1) is 12.6 Å². The van der Waals surface area contributed by atoms with Gasteiger partial charge in [0.25, 0.3) is 0 Å². The molecule has 0 amide bonds. The number of nitrogens with zero attached hydrogens (tertiary/aromatic N) is 1. The fourth-order valence-corrected chi connectivity index (χ4v) is 2.47. The van der Waals surface area contributed by atoms with E-state index in [0.717, 1.165) is 18.8 Å². The van der Waals surface area contributed by atoms with E-state index in [1.807, 2.05) is 31.6 Å². The Morgan fingerprint density at radius 3 is 2.78 bits per heavy atom. The highest BCUT2D eigenvalue weighted by molar-refractivity contribution is 5.43. The number of hydrogen-bond acceptors (Lipinski definition) is 3. The molecule has 0 radical (unpaired) electrons. The number of ether oxygens (including phenoxy) is 1. The fraction of sp³-hybridized carbons (Fsp3) is 0.267. The Balaban J connectivity index is 1.97. The summed E-state index contributed by atoms with van der Waals surface area (Å²) in [7, 11) is 1.98. The van der Waals surface area contributed by atoms with Crippen LogP contribution in [0, 0.1) is 0 Å². The maximum Gasteiger partial charge on any atom is 0.122 e. The van der Waals surface area contributed by atoms with E-state index >= 15 is 0 Å². The zero-order chi connectivity index (χ0) is 12.4. The second-order valence-electron chi connectivity index (χ2n) is 4.47.